The number of halogens is 4. The first-order valence-electron chi connectivity index (χ1n) is 19.1. The lowest BCUT2D eigenvalue weighted by atomic mass is 9.89. The number of hydrogen-bond donors (Lipinski definition) is 1. The Labute approximate surface area is 315 Å². The number of phenols is 1. The topological polar surface area (TPSA) is 87.3 Å². The summed E-state index contributed by atoms with van der Waals surface area (Å²) in [5.41, 5.74) is -1.43. The summed E-state index contributed by atoms with van der Waals surface area (Å²) in [6, 6.07) is 7.73. The highest BCUT2D eigenvalue weighted by Crippen LogP contribution is 2.69. The predicted molar refractivity (Wildman–Crippen MR) is 200 cm³/mol. The van der Waals surface area contributed by atoms with Crippen LogP contribution in [0.4, 0.5) is 23.4 Å². The van der Waals surface area contributed by atoms with Crippen LogP contribution >= 0.6 is 0 Å². The lowest BCUT2D eigenvalue weighted by Crippen LogP contribution is -2.54. The van der Waals surface area contributed by atoms with Gasteiger partial charge in [0, 0.05) is 68.1 Å². The van der Waals surface area contributed by atoms with Crippen LogP contribution in [0, 0.1) is 36.3 Å². The Morgan fingerprint density at radius 2 is 1.85 bits per heavy atom. The SMILES string of the molecule is C#Cc1c(F)ccc2cc(O)cc(-c3c(F)c4nc(OC[C@]56CCCN5C[C@]5(CC5(F)F)C6)nc(N5C[C@H]6CC[C@@H](C5)N6CCOC)c4c4cc(C)oc34)c12. The van der Waals surface area contributed by atoms with Crippen molar-refractivity contribution >= 4 is 38.5 Å². The Morgan fingerprint density at radius 1 is 1.07 bits per heavy atom. The van der Waals surface area contributed by atoms with E-state index in [1.165, 1.54) is 24.3 Å². The molecule has 4 atom stereocenters. The van der Waals surface area contributed by atoms with Crippen molar-refractivity contribution < 1.29 is 36.6 Å². The summed E-state index contributed by atoms with van der Waals surface area (Å²) >= 11 is 0. The van der Waals surface area contributed by atoms with Gasteiger partial charge in [-0.25, -0.2) is 17.6 Å². The Kier molecular flexibility index (Phi) is 7.71. The zero-order valence-corrected chi connectivity index (χ0v) is 30.7. The molecule has 55 heavy (non-hydrogen) atoms. The van der Waals surface area contributed by atoms with Crippen LogP contribution in [0.2, 0.25) is 0 Å². The summed E-state index contributed by atoms with van der Waals surface area (Å²) in [7, 11) is 1.70. The van der Waals surface area contributed by atoms with E-state index in [4.69, 9.17) is 30.3 Å². The average Bonchev–Trinajstić information content (AvgIpc) is 3.61. The zero-order valence-electron chi connectivity index (χ0n) is 30.7. The second kappa shape index (κ2) is 12.2. The van der Waals surface area contributed by atoms with Gasteiger partial charge >= 0.3 is 6.01 Å². The minimum absolute atomic E-state index is 0.0343. The highest BCUT2D eigenvalue weighted by molar-refractivity contribution is 6.18. The first-order valence-corrected chi connectivity index (χ1v) is 19.1. The van der Waals surface area contributed by atoms with E-state index in [-0.39, 0.29) is 70.0 Å². The third kappa shape index (κ3) is 5.17. The normalized spacial score (nSPS) is 27.2. The summed E-state index contributed by atoms with van der Waals surface area (Å²) in [6.45, 7) is 5.58. The molecule has 2 bridgehead atoms. The number of phenolic OH excluding ortho intramolecular Hbond substituents is 1. The molecular weight excluding hydrogens is 714 g/mol. The van der Waals surface area contributed by atoms with Gasteiger partial charge in [0.15, 0.2) is 5.82 Å². The summed E-state index contributed by atoms with van der Waals surface area (Å²) in [6.07, 6.45) is 9.62. The molecule has 9 nitrogen and oxygen atoms in total. The molecule has 10 rings (SSSR count). The number of ether oxygens (including phenoxy) is 2. The highest BCUT2D eigenvalue weighted by Gasteiger charge is 2.77. The smallest absolute Gasteiger partial charge is 0.319 e. The van der Waals surface area contributed by atoms with Crippen LogP contribution in [0.25, 0.3) is 43.8 Å². The Hall–Kier alpha value is -4.64. The van der Waals surface area contributed by atoms with Gasteiger partial charge in [0.2, 0.25) is 0 Å². The maximum Gasteiger partial charge on any atom is 0.319 e. The molecule has 5 aliphatic rings. The number of benzene rings is 3. The third-order valence-electron chi connectivity index (χ3n) is 13.2. The molecule has 1 aliphatic carbocycles. The number of furan rings is 1. The van der Waals surface area contributed by atoms with Crippen LogP contribution in [-0.4, -0.2) is 101 Å². The summed E-state index contributed by atoms with van der Waals surface area (Å²) in [5.74, 6) is -0.875. The summed E-state index contributed by atoms with van der Waals surface area (Å²) < 4.78 is 80.5. The quantitative estimate of drug-likeness (QED) is 0.129. The van der Waals surface area contributed by atoms with Crippen molar-refractivity contribution in [2.24, 2.45) is 5.41 Å². The minimum Gasteiger partial charge on any atom is -0.508 e. The van der Waals surface area contributed by atoms with Crippen LogP contribution in [0.15, 0.2) is 34.7 Å². The van der Waals surface area contributed by atoms with E-state index in [9.17, 15) is 13.9 Å². The number of aromatic hydroxyl groups is 1. The molecule has 5 aromatic rings. The number of fused-ring (bicyclic) bond motifs is 7. The van der Waals surface area contributed by atoms with E-state index in [1.807, 2.05) is 6.07 Å². The first-order chi connectivity index (χ1) is 26.4. The molecule has 6 heterocycles. The number of terminal acetylenes is 1. The molecule has 1 saturated carbocycles. The fraction of sp³-hybridized carbons (Fsp3) is 0.476. The maximum absolute atomic E-state index is 17.8. The molecule has 286 valence electrons. The van der Waals surface area contributed by atoms with Gasteiger partial charge < -0.3 is 23.9 Å². The number of anilines is 1. The second-order valence-corrected chi connectivity index (χ2v) is 16.4. The number of rotatable bonds is 8. The zero-order chi connectivity index (χ0) is 38.0. The van der Waals surface area contributed by atoms with Gasteiger partial charge in [-0.15, -0.1) is 6.42 Å². The first kappa shape index (κ1) is 34.8. The van der Waals surface area contributed by atoms with Crippen LogP contribution in [-0.2, 0) is 4.74 Å². The number of hydrogen-bond acceptors (Lipinski definition) is 9. The molecular formula is C42H41F4N5O4. The number of methoxy groups -OCH3 is 1. The number of aromatic nitrogens is 2. The molecule has 13 heteroatoms. The third-order valence-corrected chi connectivity index (χ3v) is 13.2. The van der Waals surface area contributed by atoms with Crippen molar-refractivity contribution in [1.29, 1.82) is 0 Å². The van der Waals surface area contributed by atoms with Crippen molar-refractivity contribution in [3.05, 3.63) is 53.3 Å². The number of aryl methyl sites for hydroxylation is 1. The van der Waals surface area contributed by atoms with E-state index >= 15 is 8.78 Å². The van der Waals surface area contributed by atoms with Crippen molar-refractivity contribution in [2.45, 2.75) is 69.0 Å². The van der Waals surface area contributed by atoms with Gasteiger partial charge in [0.1, 0.15) is 40.9 Å². The molecule has 5 fully saturated rings. The van der Waals surface area contributed by atoms with E-state index in [0.29, 0.717) is 66.8 Å². The fourth-order valence-corrected chi connectivity index (χ4v) is 10.6. The number of nitrogens with zero attached hydrogens (tertiary/aromatic N) is 5. The second-order valence-electron chi connectivity index (χ2n) is 16.4. The van der Waals surface area contributed by atoms with E-state index in [1.54, 1.807) is 14.0 Å². The molecule has 1 N–H and O–H groups in total. The molecule has 1 spiro atoms. The molecule has 4 aliphatic heterocycles. The minimum atomic E-state index is -2.69. The Balaban J connectivity index is 1.16. The van der Waals surface area contributed by atoms with Gasteiger partial charge in [-0.05, 0) is 75.2 Å². The maximum atomic E-state index is 17.8. The number of piperazine rings is 1. The van der Waals surface area contributed by atoms with Gasteiger partial charge in [-0.2, -0.15) is 9.97 Å². The van der Waals surface area contributed by atoms with E-state index in [0.717, 1.165) is 32.4 Å². The predicted octanol–water partition coefficient (Wildman–Crippen LogP) is 7.41. The van der Waals surface area contributed by atoms with Crippen LogP contribution in [0.5, 0.6) is 11.8 Å². The summed E-state index contributed by atoms with van der Waals surface area (Å²) in [5, 5.41) is 12.5. The number of alkyl halides is 2. The average molecular weight is 756 g/mol. The van der Waals surface area contributed by atoms with Gasteiger partial charge in [-0.3, -0.25) is 9.80 Å². The van der Waals surface area contributed by atoms with Crippen molar-refractivity contribution in [2.75, 3.05) is 57.9 Å². The Morgan fingerprint density at radius 3 is 2.58 bits per heavy atom. The molecule has 0 radical (unpaired) electrons. The van der Waals surface area contributed by atoms with E-state index < -0.39 is 28.5 Å². The van der Waals surface area contributed by atoms with Crippen LogP contribution in [0.3, 0.4) is 0 Å². The monoisotopic (exact) mass is 755 g/mol. The van der Waals surface area contributed by atoms with Crippen LogP contribution in [0.1, 0.15) is 49.8 Å². The molecule has 4 saturated heterocycles. The summed E-state index contributed by atoms with van der Waals surface area (Å²) in [4.78, 5) is 16.6. The van der Waals surface area contributed by atoms with Crippen molar-refractivity contribution in [3.63, 3.8) is 0 Å². The van der Waals surface area contributed by atoms with Crippen molar-refractivity contribution in [3.8, 4) is 35.2 Å². The van der Waals surface area contributed by atoms with Gasteiger partial charge in [-0.1, -0.05) is 12.0 Å². The van der Waals surface area contributed by atoms with E-state index in [2.05, 4.69) is 20.6 Å². The van der Waals surface area contributed by atoms with Gasteiger partial charge in [0.05, 0.1) is 34.1 Å². The van der Waals surface area contributed by atoms with Gasteiger partial charge in [0.25, 0.3) is 5.92 Å². The highest BCUT2D eigenvalue weighted by atomic mass is 19.3. The fourth-order valence-electron chi connectivity index (χ4n) is 10.6. The lowest BCUT2D eigenvalue weighted by molar-refractivity contribution is 0.0647. The van der Waals surface area contributed by atoms with Crippen molar-refractivity contribution in [1.82, 2.24) is 19.8 Å². The standard InChI is InChI=1S/C42H41F4N5O4/c1-4-28-31(43)9-6-24-15-27(52)16-29(32(24)28)33-35(44)36-34(30-14-23(2)55-37(30)33)38(49-17-25-7-8-26(18-49)51(25)12-13-53-3)48-39(47-36)54-22-41-10-5-11-50(41)21-40(19-41)20-42(40,45)46/h1,6,9,14-16,25-26,52H,5,7-8,10-13,17-22H2,2-3H3/t25-,26+,40-,41-/m1/s1. The molecule has 0 amide bonds. The Bertz CT molecular complexity index is 2450. The lowest BCUT2D eigenvalue weighted by Gasteiger charge is -2.41. The largest absolute Gasteiger partial charge is 0.508 e. The molecule has 2 aromatic heterocycles. The molecule has 3 aromatic carbocycles. The van der Waals surface area contributed by atoms with Crippen LogP contribution < -0.4 is 9.64 Å². The molecule has 0 unspecified atom stereocenters.